The number of anilines is 2. The summed E-state index contributed by atoms with van der Waals surface area (Å²) in [5.74, 6) is 1.90. The van der Waals surface area contributed by atoms with E-state index in [1.165, 1.54) is 12.8 Å². The molecular weight excluding hydrogens is 250 g/mol. The van der Waals surface area contributed by atoms with Crippen molar-refractivity contribution in [1.29, 1.82) is 0 Å². The zero-order chi connectivity index (χ0) is 13.9. The van der Waals surface area contributed by atoms with Gasteiger partial charge in [0, 0.05) is 24.2 Å². The maximum Gasteiger partial charge on any atom is 0.126 e. The van der Waals surface area contributed by atoms with Crippen LogP contribution in [0.15, 0.2) is 30.3 Å². The van der Waals surface area contributed by atoms with Crippen molar-refractivity contribution in [3.63, 3.8) is 0 Å². The molecule has 1 aliphatic carbocycles. The third-order valence-corrected chi connectivity index (χ3v) is 4.31. The minimum absolute atomic E-state index is 0.302. The molecule has 0 amide bonds. The molecule has 0 spiro atoms. The molecule has 2 aromatic rings. The first-order valence-electron chi connectivity index (χ1n) is 7.27. The number of nitrogens with zero attached hydrogens (tertiary/aromatic N) is 1. The van der Waals surface area contributed by atoms with Crippen LogP contribution in [0.2, 0.25) is 0 Å². The molecule has 4 N–H and O–H groups in total. The van der Waals surface area contributed by atoms with Crippen LogP contribution in [0.4, 0.5) is 11.5 Å². The lowest BCUT2D eigenvalue weighted by Crippen LogP contribution is -2.21. The first kappa shape index (κ1) is 13.2. The van der Waals surface area contributed by atoms with Crippen molar-refractivity contribution in [2.24, 2.45) is 11.8 Å². The number of aromatic nitrogens is 1. The molecule has 1 fully saturated rings. The number of benzene rings is 1. The Hall–Kier alpha value is -1.81. The van der Waals surface area contributed by atoms with E-state index in [0.717, 1.165) is 35.4 Å². The van der Waals surface area contributed by atoms with Gasteiger partial charge in [-0.05, 0) is 55.0 Å². The fourth-order valence-corrected chi connectivity index (χ4v) is 3.10. The number of aliphatic hydroxyl groups excluding tert-OH is 1. The lowest BCUT2D eigenvalue weighted by Gasteiger charge is -2.18. The Kier molecular flexibility index (Phi) is 3.74. The molecule has 0 aliphatic heterocycles. The van der Waals surface area contributed by atoms with Gasteiger partial charge in [-0.2, -0.15) is 0 Å². The molecule has 4 nitrogen and oxygen atoms in total. The molecule has 0 saturated heterocycles. The van der Waals surface area contributed by atoms with E-state index in [4.69, 9.17) is 5.73 Å². The number of fused-ring (bicyclic) bond motifs is 1. The summed E-state index contributed by atoms with van der Waals surface area (Å²) in [6.07, 6.45) is 3.57. The highest BCUT2D eigenvalue weighted by molar-refractivity contribution is 5.83. The molecule has 3 rings (SSSR count). The second-order valence-corrected chi connectivity index (χ2v) is 5.66. The lowest BCUT2D eigenvalue weighted by atomic mass is 9.97. The van der Waals surface area contributed by atoms with E-state index in [2.05, 4.69) is 10.3 Å². The fourth-order valence-electron chi connectivity index (χ4n) is 3.10. The van der Waals surface area contributed by atoms with Crippen LogP contribution in [0, 0.1) is 11.8 Å². The Balaban J connectivity index is 1.70. The standard InChI is InChI=1S/C16H21N3O/c17-14-5-6-15-11(8-14)4-7-16(19-15)18-9-12-2-1-3-13(12)10-20/h4-8,12-13,20H,1-3,9-10,17H2,(H,18,19). The van der Waals surface area contributed by atoms with Gasteiger partial charge in [-0.1, -0.05) is 6.42 Å². The molecular formula is C16H21N3O. The number of rotatable bonds is 4. The molecule has 2 atom stereocenters. The number of nitrogens with one attached hydrogen (secondary N) is 1. The Bertz CT molecular complexity index is 599. The van der Waals surface area contributed by atoms with Crippen molar-refractivity contribution >= 4 is 22.4 Å². The number of aliphatic hydroxyl groups is 1. The highest BCUT2D eigenvalue weighted by Crippen LogP contribution is 2.31. The van der Waals surface area contributed by atoms with Crippen LogP contribution in [-0.4, -0.2) is 23.2 Å². The number of nitrogen functional groups attached to an aromatic ring is 1. The Morgan fingerprint density at radius 1 is 1.20 bits per heavy atom. The lowest BCUT2D eigenvalue weighted by molar-refractivity contribution is 0.199. The quantitative estimate of drug-likeness (QED) is 0.748. The maximum atomic E-state index is 9.35. The fraction of sp³-hybridized carbons (Fsp3) is 0.438. The van der Waals surface area contributed by atoms with Crippen LogP contribution in [0.5, 0.6) is 0 Å². The van der Waals surface area contributed by atoms with Gasteiger partial charge in [-0.15, -0.1) is 0 Å². The molecule has 1 aliphatic rings. The summed E-state index contributed by atoms with van der Waals surface area (Å²) >= 11 is 0. The summed E-state index contributed by atoms with van der Waals surface area (Å²) in [5.41, 5.74) is 7.48. The molecule has 1 saturated carbocycles. The van der Waals surface area contributed by atoms with Crippen LogP contribution in [-0.2, 0) is 0 Å². The smallest absolute Gasteiger partial charge is 0.126 e. The van der Waals surface area contributed by atoms with Gasteiger partial charge in [0.15, 0.2) is 0 Å². The maximum absolute atomic E-state index is 9.35. The van der Waals surface area contributed by atoms with E-state index in [1.807, 2.05) is 30.3 Å². The average molecular weight is 271 g/mol. The van der Waals surface area contributed by atoms with Crippen LogP contribution >= 0.6 is 0 Å². The number of pyridine rings is 1. The molecule has 0 radical (unpaired) electrons. The van der Waals surface area contributed by atoms with E-state index < -0.39 is 0 Å². The molecule has 2 unspecified atom stereocenters. The number of hydrogen-bond donors (Lipinski definition) is 3. The zero-order valence-electron chi connectivity index (χ0n) is 11.5. The van der Waals surface area contributed by atoms with E-state index in [9.17, 15) is 5.11 Å². The van der Waals surface area contributed by atoms with Crippen molar-refractivity contribution in [2.45, 2.75) is 19.3 Å². The minimum atomic E-state index is 0.302. The molecule has 1 heterocycles. The molecule has 1 aromatic heterocycles. The first-order valence-corrected chi connectivity index (χ1v) is 7.27. The van der Waals surface area contributed by atoms with Crippen LogP contribution in [0.3, 0.4) is 0 Å². The summed E-state index contributed by atoms with van der Waals surface area (Å²) in [6.45, 7) is 1.19. The largest absolute Gasteiger partial charge is 0.399 e. The summed E-state index contributed by atoms with van der Waals surface area (Å²) in [5, 5.41) is 13.8. The van der Waals surface area contributed by atoms with Crippen molar-refractivity contribution in [2.75, 3.05) is 24.2 Å². The van der Waals surface area contributed by atoms with Gasteiger partial charge < -0.3 is 16.2 Å². The molecule has 20 heavy (non-hydrogen) atoms. The Labute approximate surface area is 119 Å². The predicted octanol–water partition coefficient (Wildman–Crippen LogP) is 2.64. The number of nitrogens with two attached hydrogens (primary N) is 1. The number of hydrogen-bond acceptors (Lipinski definition) is 4. The molecule has 1 aromatic carbocycles. The third-order valence-electron chi connectivity index (χ3n) is 4.31. The van der Waals surface area contributed by atoms with E-state index >= 15 is 0 Å². The van der Waals surface area contributed by atoms with E-state index in [0.29, 0.717) is 18.4 Å². The highest BCUT2D eigenvalue weighted by atomic mass is 16.3. The second-order valence-electron chi connectivity index (χ2n) is 5.66. The van der Waals surface area contributed by atoms with Gasteiger partial charge in [-0.3, -0.25) is 0 Å². The first-order chi connectivity index (χ1) is 9.76. The SMILES string of the molecule is Nc1ccc2nc(NCC3CCCC3CO)ccc2c1. The van der Waals surface area contributed by atoms with Gasteiger partial charge >= 0.3 is 0 Å². The van der Waals surface area contributed by atoms with Crippen molar-refractivity contribution in [3.05, 3.63) is 30.3 Å². The second kappa shape index (κ2) is 5.67. The van der Waals surface area contributed by atoms with Gasteiger partial charge in [0.25, 0.3) is 0 Å². The average Bonchev–Trinajstić information content (AvgIpc) is 2.92. The Morgan fingerprint density at radius 2 is 2.05 bits per heavy atom. The molecule has 4 heteroatoms. The summed E-state index contributed by atoms with van der Waals surface area (Å²) < 4.78 is 0. The minimum Gasteiger partial charge on any atom is -0.399 e. The Morgan fingerprint density at radius 3 is 2.90 bits per heavy atom. The van der Waals surface area contributed by atoms with Crippen molar-refractivity contribution in [1.82, 2.24) is 4.98 Å². The normalized spacial score (nSPS) is 22.2. The monoisotopic (exact) mass is 271 g/mol. The topological polar surface area (TPSA) is 71.2 Å². The predicted molar refractivity (Wildman–Crippen MR) is 82.6 cm³/mol. The zero-order valence-corrected chi connectivity index (χ0v) is 11.5. The molecule has 106 valence electrons. The van der Waals surface area contributed by atoms with E-state index in [-0.39, 0.29) is 0 Å². The van der Waals surface area contributed by atoms with E-state index in [1.54, 1.807) is 0 Å². The van der Waals surface area contributed by atoms with Crippen LogP contribution in [0.25, 0.3) is 10.9 Å². The highest BCUT2D eigenvalue weighted by Gasteiger charge is 2.26. The summed E-state index contributed by atoms with van der Waals surface area (Å²) in [4.78, 5) is 4.60. The van der Waals surface area contributed by atoms with Gasteiger partial charge in [0.2, 0.25) is 0 Å². The third kappa shape index (κ3) is 2.70. The summed E-state index contributed by atoms with van der Waals surface area (Å²) in [7, 11) is 0. The van der Waals surface area contributed by atoms with Gasteiger partial charge in [0.1, 0.15) is 5.82 Å². The van der Waals surface area contributed by atoms with Gasteiger partial charge in [-0.25, -0.2) is 4.98 Å². The van der Waals surface area contributed by atoms with Crippen LogP contribution in [0.1, 0.15) is 19.3 Å². The van der Waals surface area contributed by atoms with Crippen LogP contribution < -0.4 is 11.1 Å². The summed E-state index contributed by atoms with van der Waals surface area (Å²) in [6, 6.07) is 9.79. The van der Waals surface area contributed by atoms with Gasteiger partial charge in [0.05, 0.1) is 5.52 Å². The molecule has 0 bridgehead atoms. The van der Waals surface area contributed by atoms with Crippen molar-refractivity contribution < 1.29 is 5.11 Å². The van der Waals surface area contributed by atoms with Crippen molar-refractivity contribution in [3.8, 4) is 0 Å².